The summed E-state index contributed by atoms with van der Waals surface area (Å²) in [6.45, 7) is 5.44. The lowest BCUT2D eigenvalue weighted by Crippen LogP contribution is -2.09. The van der Waals surface area contributed by atoms with E-state index in [0.29, 0.717) is 22.1 Å². The third kappa shape index (κ3) is 3.27. The van der Waals surface area contributed by atoms with E-state index in [9.17, 15) is 4.79 Å². The summed E-state index contributed by atoms with van der Waals surface area (Å²) in [7, 11) is 0. The van der Waals surface area contributed by atoms with E-state index < -0.39 is 12.1 Å². The fraction of sp³-hybridized carbons (Fsp3) is 0.190. The Bertz CT molecular complexity index is 1160. The third-order valence-corrected chi connectivity index (χ3v) is 4.77. The Morgan fingerprint density at radius 1 is 1.07 bits per heavy atom. The van der Waals surface area contributed by atoms with Crippen LogP contribution >= 0.6 is 11.6 Å². The molecule has 1 unspecified atom stereocenters. The molecule has 2 heterocycles. The number of esters is 1. The molecule has 0 radical (unpaired) electrons. The largest absolute Gasteiger partial charge is 0.447 e. The fourth-order valence-electron chi connectivity index (χ4n) is 2.88. The number of nitrogens with zero attached hydrogens (tertiary/aromatic N) is 2. The second-order valence-corrected chi connectivity index (χ2v) is 6.94. The van der Waals surface area contributed by atoms with Crippen molar-refractivity contribution in [3.63, 3.8) is 0 Å². The molecule has 2 aromatic carbocycles. The van der Waals surface area contributed by atoms with Crippen LogP contribution in [0.15, 0.2) is 51.3 Å². The molecule has 2 aromatic heterocycles. The van der Waals surface area contributed by atoms with Gasteiger partial charge in [-0.2, -0.15) is 0 Å². The minimum Gasteiger partial charge on any atom is -0.447 e. The number of aryl methyl sites for hydroxylation is 2. The van der Waals surface area contributed by atoms with E-state index in [0.717, 1.165) is 16.5 Å². The smallest absolute Gasteiger partial charge is 0.375 e. The maximum atomic E-state index is 12.6. The fourth-order valence-corrected chi connectivity index (χ4v) is 3.09. The van der Waals surface area contributed by atoms with Crippen molar-refractivity contribution in [1.29, 1.82) is 0 Å². The Kier molecular flexibility index (Phi) is 4.65. The molecule has 7 heteroatoms. The number of rotatable bonds is 4. The van der Waals surface area contributed by atoms with Gasteiger partial charge in [-0.05, 0) is 39.0 Å². The van der Waals surface area contributed by atoms with Gasteiger partial charge in [-0.25, -0.2) is 4.79 Å². The van der Waals surface area contributed by atoms with Crippen molar-refractivity contribution in [3.05, 3.63) is 70.3 Å². The molecular formula is C21H17ClN2O4. The molecule has 142 valence electrons. The highest BCUT2D eigenvalue weighted by molar-refractivity contribution is 6.35. The Balaban J connectivity index is 1.55. The molecule has 0 saturated heterocycles. The molecule has 0 aliphatic rings. The molecule has 4 rings (SSSR count). The lowest BCUT2D eigenvalue weighted by Gasteiger charge is -2.08. The molecule has 0 N–H and O–H groups in total. The van der Waals surface area contributed by atoms with E-state index in [2.05, 4.69) is 10.2 Å². The van der Waals surface area contributed by atoms with Crippen LogP contribution in [0.2, 0.25) is 5.02 Å². The van der Waals surface area contributed by atoms with Gasteiger partial charge in [-0.3, -0.25) is 0 Å². The number of fused-ring (bicyclic) bond motifs is 1. The normalized spacial score (nSPS) is 12.3. The monoisotopic (exact) mass is 396 g/mol. The zero-order valence-electron chi connectivity index (χ0n) is 15.5. The van der Waals surface area contributed by atoms with Crippen molar-refractivity contribution in [3.8, 4) is 11.5 Å². The van der Waals surface area contributed by atoms with Crippen molar-refractivity contribution in [2.45, 2.75) is 26.9 Å². The van der Waals surface area contributed by atoms with E-state index in [1.807, 2.05) is 37.3 Å². The number of furan rings is 1. The van der Waals surface area contributed by atoms with Gasteiger partial charge in [0.15, 0.2) is 11.7 Å². The van der Waals surface area contributed by atoms with Crippen LogP contribution in [0.4, 0.5) is 0 Å². The average Bonchev–Trinajstić information content (AvgIpc) is 3.29. The molecule has 4 aromatic rings. The Morgan fingerprint density at radius 2 is 1.82 bits per heavy atom. The number of carbonyl (C=O) groups excluding carboxylic acids is 1. The number of halogens is 1. The van der Waals surface area contributed by atoms with Crippen molar-refractivity contribution in [2.75, 3.05) is 0 Å². The van der Waals surface area contributed by atoms with Crippen molar-refractivity contribution >= 4 is 28.5 Å². The Labute approximate surface area is 166 Å². The number of carbonyl (C=O) groups is 1. The van der Waals surface area contributed by atoms with Crippen LogP contribution in [0.3, 0.4) is 0 Å². The summed E-state index contributed by atoms with van der Waals surface area (Å²) in [4.78, 5) is 12.6. The molecule has 0 fully saturated rings. The van der Waals surface area contributed by atoms with E-state index >= 15 is 0 Å². The molecule has 0 amide bonds. The number of benzene rings is 2. The summed E-state index contributed by atoms with van der Waals surface area (Å²) in [6.07, 6.45) is -0.734. The second kappa shape index (κ2) is 7.13. The van der Waals surface area contributed by atoms with Gasteiger partial charge < -0.3 is 13.6 Å². The summed E-state index contributed by atoms with van der Waals surface area (Å²) >= 11 is 6.14. The van der Waals surface area contributed by atoms with Crippen LogP contribution in [0, 0.1) is 13.8 Å². The Morgan fingerprint density at radius 3 is 2.54 bits per heavy atom. The molecule has 0 aliphatic heterocycles. The highest BCUT2D eigenvalue weighted by Gasteiger charge is 2.25. The van der Waals surface area contributed by atoms with Crippen LogP contribution in [0.5, 0.6) is 0 Å². The van der Waals surface area contributed by atoms with Crippen LogP contribution in [0.25, 0.3) is 22.4 Å². The molecule has 0 spiro atoms. The maximum Gasteiger partial charge on any atom is 0.375 e. The first-order chi connectivity index (χ1) is 13.4. The van der Waals surface area contributed by atoms with Gasteiger partial charge in [0, 0.05) is 16.5 Å². The van der Waals surface area contributed by atoms with E-state index in [4.69, 9.17) is 25.2 Å². The Hall–Kier alpha value is -3.12. The lowest BCUT2D eigenvalue weighted by atomic mass is 10.1. The zero-order valence-corrected chi connectivity index (χ0v) is 16.3. The highest BCUT2D eigenvalue weighted by atomic mass is 35.5. The molecule has 1 atom stereocenters. The van der Waals surface area contributed by atoms with Gasteiger partial charge in [-0.15, -0.1) is 10.2 Å². The molecule has 0 aliphatic carbocycles. The molecule has 0 saturated carbocycles. The summed E-state index contributed by atoms with van der Waals surface area (Å²) in [5.74, 6) is 0.0564. The summed E-state index contributed by atoms with van der Waals surface area (Å²) < 4.78 is 16.8. The van der Waals surface area contributed by atoms with Gasteiger partial charge in [0.05, 0.1) is 5.02 Å². The number of aromatic nitrogens is 2. The molecule has 6 nitrogen and oxygen atoms in total. The lowest BCUT2D eigenvalue weighted by molar-refractivity contribution is 0.0245. The average molecular weight is 397 g/mol. The summed E-state index contributed by atoms with van der Waals surface area (Å²) in [6, 6.07) is 13.0. The SMILES string of the molecule is Cc1ccc(-c2nnc(C(C)OC(=O)c3oc4c(Cl)cccc4c3C)o2)cc1. The second-order valence-electron chi connectivity index (χ2n) is 6.53. The minimum absolute atomic E-state index is 0.105. The first-order valence-corrected chi connectivity index (χ1v) is 9.11. The van der Waals surface area contributed by atoms with Crippen molar-refractivity contribution in [1.82, 2.24) is 10.2 Å². The van der Waals surface area contributed by atoms with Gasteiger partial charge in [0.1, 0.15) is 0 Å². The van der Waals surface area contributed by atoms with Crippen LogP contribution in [0.1, 0.15) is 40.6 Å². The summed E-state index contributed by atoms with van der Waals surface area (Å²) in [5, 5.41) is 9.23. The highest BCUT2D eigenvalue weighted by Crippen LogP contribution is 2.32. The quantitative estimate of drug-likeness (QED) is 0.413. The predicted octanol–water partition coefficient (Wildman–Crippen LogP) is 5.67. The molecular weight excluding hydrogens is 380 g/mol. The van der Waals surface area contributed by atoms with Gasteiger partial charge in [0.2, 0.25) is 11.7 Å². The van der Waals surface area contributed by atoms with E-state index in [1.54, 1.807) is 26.0 Å². The number of hydrogen-bond acceptors (Lipinski definition) is 6. The minimum atomic E-state index is -0.734. The number of hydrogen-bond donors (Lipinski definition) is 0. The van der Waals surface area contributed by atoms with Crippen LogP contribution < -0.4 is 0 Å². The summed E-state index contributed by atoms with van der Waals surface area (Å²) in [5.41, 5.74) is 3.05. The van der Waals surface area contributed by atoms with Crippen molar-refractivity contribution < 1.29 is 18.4 Å². The third-order valence-electron chi connectivity index (χ3n) is 4.47. The molecule has 0 bridgehead atoms. The zero-order chi connectivity index (χ0) is 19.8. The van der Waals surface area contributed by atoms with E-state index in [-0.39, 0.29) is 11.7 Å². The van der Waals surface area contributed by atoms with Gasteiger partial charge in [-0.1, -0.05) is 41.4 Å². The van der Waals surface area contributed by atoms with Gasteiger partial charge >= 0.3 is 5.97 Å². The predicted molar refractivity (Wildman–Crippen MR) is 104 cm³/mol. The van der Waals surface area contributed by atoms with Gasteiger partial charge in [0.25, 0.3) is 5.89 Å². The molecule has 28 heavy (non-hydrogen) atoms. The first kappa shape index (κ1) is 18.3. The van der Waals surface area contributed by atoms with Crippen LogP contribution in [-0.2, 0) is 4.74 Å². The number of ether oxygens (including phenoxy) is 1. The standard InChI is InChI=1S/C21H17ClN2O4/c1-11-7-9-14(10-8-11)20-24-23-19(28-20)13(3)26-21(25)17-12(2)15-5-4-6-16(22)18(15)27-17/h4-10,13H,1-3H3. The topological polar surface area (TPSA) is 78.4 Å². The number of para-hydroxylation sites is 1. The first-order valence-electron chi connectivity index (χ1n) is 8.73. The van der Waals surface area contributed by atoms with Crippen molar-refractivity contribution in [2.24, 2.45) is 0 Å². The van der Waals surface area contributed by atoms with E-state index in [1.165, 1.54) is 0 Å². The maximum absolute atomic E-state index is 12.6. The van der Waals surface area contributed by atoms with Crippen LogP contribution in [-0.4, -0.2) is 16.2 Å².